The Morgan fingerprint density at radius 2 is 2.06 bits per heavy atom. The number of aryl methyl sites for hydroxylation is 2. The number of carbonyl (C=O) groups excluding carboxylic acids is 1. The van der Waals surface area contributed by atoms with Crippen molar-refractivity contribution in [3.05, 3.63) is 17.3 Å². The molecule has 1 aromatic heterocycles. The zero-order chi connectivity index (χ0) is 13.2. The van der Waals surface area contributed by atoms with Crippen LogP contribution in [0.5, 0.6) is 0 Å². The van der Waals surface area contributed by atoms with Crippen LogP contribution in [-0.2, 0) is 0 Å². The van der Waals surface area contributed by atoms with E-state index in [0.717, 1.165) is 32.1 Å². The molecule has 5 nitrogen and oxygen atoms in total. The quantitative estimate of drug-likeness (QED) is 0.858. The van der Waals surface area contributed by atoms with Crippen molar-refractivity contribution in [1.82, 2.24) is 10.3 Å². The Bertz CT molecular complexity index is 433. The first-order valence-corrected chi connectivity index (χ1v) is 6.44. The summed E-state index contributed by atoms with van der Waals surface area (Å²) in [6.07, 6.45) is 4.88. The lowest BCUT2D eigenvalue weighted by Gasteiger charge is -2.36. The third-order valence-corrected chi connectivity index (χ3v) is 3.60. The van der Waals surface area contributed by atoms with E-state index >= 15 is 0 Å². The molecule has 0 radical (unpaired) electrons. The number of nitrogens with one attached hydrogen (secondary N) is 1. The van der Waals surface area contributed by atoms with Gasteiger partial charge in [0, 0.05) is 6.92 Å². The number of rotatable bonds is 3. The zero-order valence-electron chi connectivity index (χ0n) is 11.0. The molecule has 2 N–H and O–H groups in total. The zero-order valence-corrected chi connectivity index (χ0v) is 11.0. The number of nitrogens with zero attached hydrogens (tertiary/aromatic N) is 1. The number of aliphatic hydroxyl groups is 1. The van der Waals surface area contributed by atoms with Gasteiger partial charge < -0.3 is 14.8 Å². The molecular formula is C13H20N2O3. The summed E-state index contributed by atoms with van der Waals surface area (Å²) in [5.41, 5.74) is 0.108. The number of hydrogen-bond donors (Lipinski definition) is 2. The fraction of sp³-hybridized carbons (Fsp3) is 0.692. The van der Waals surface area contributed by atoms with Gasteiger partial charge in [-0.05, 0) is 19.8 Å². The largest absolute Gasteiger partial charge is 0.436 e. The van der Waals surface area contributed by atoms with Crippen molar-refractivity contribution in [2.24, 2.45) is 0 Å². The maximum atomic E-state index is 12.2. The van der Waals surface area contributed by atoms with Crippen LogP contribution in [0.15, 0.2) is 4.42 Å². The highest BCUT2D eigenvalue weighted by Gasteiger charge is 2.34. The summed E-state index contributed by atoms with van der Waals surface area (Å²) in [6.45, 7) is 3.44. The number of carbonyl (C=O) groups is 1. The molecule has 5 heteroatoms. The normalized spacial score (nSPS) is 18.6. The van der Waals surface area contributed by atoms with Gasteiger partial charge in [0.05, 0.1) is 17.8 Å². The predicted molar refractivity (Wildman–Crippen MR) is 66.3 cm³/mol. The van der Waals surface area contributed by atoms with E-state index in [4.69, 9.17) is 4.42 Å². The van der Waals surface area contributed by atoms with E-state index in [-0.39, 0.29) is 18.3 Å². The topological polar surface area (TPSA) is 75.4 Å². The highest BCUT2D eigenvalue weighted by atomic mass is 16.4. The summed E-state index contributed by atoms with van der Waals surface area (Å²) in [5, 5.41) is 12.5. The van der Waals surface area contributed by atoms with Gasteiger partial charge in [0.1, 0.15) is 0 Å². The fourth-order valence-electron chi connectivity index (χ4n) is 2.59. The predicted octanol–water partition coefficient (Wildman–Crippen LogP) is 1.72. The Morgan fingerprint density at radius 3 is 2.56 bits per heavy atom. The molecule has 1 aromatic rings. The summed E-state index contributed by atoms with van der Waals surface area (Å²) in [4.78, 5) is 16.2. The Balaban J connectivity index is 2.12. The van der Waals surface area contributed by atoms with Crippen molar-refractivity contribution in [2.75, 3.05) is 6.61 Å². The van der Waals surface area contributed by atoms with Crippen LogP contribution < -0.4 is 5.32 Å². The molecule has 0 aromatic carbocycles. The number of oxazole rings is 1. The van der Waals surface area contributed by atoms with Crippen LogP contribution >= 0.6 is 0 Å². The highest BCUT2D eigenvalue weighted by molar-refractivity contribution is 5.93. The van der Waals surface area contributed by atoms with Crippen molar-refractivity contribution in [1.29, 1.82) is 0 Å². The maximum absolute atomic E-state index is 12.2. The number of amides is 1. The molecule has 0 saturated heterocycles. The molecule has 1 aliphatic carbocycles. The maximum Gasteiger partial charge on any atom is 0.289 e. The standard InChI is InChI=1S/C13H20N2O3/c1-9-11(18-10(2)14-9)12(17)15-13(8-16)6-4-3-5-7-13/h16H,3-8H2,1-2H3,(H,15,17). The van der Waals surface area contributed by atoms with Gasteiger partial charge in [0.15, 0.2) is 5.89 Å². The SMILES string of the molecule is Cc1nc(C)c(C(=O)NC2(CO)CCCCC2)o1. The molecular weight excluding hydrogens is 232 g/mol. The molecule has 1 heterocycles. The highest BCUT2D eigenvalue weighted by Crippen LogP contribution is 2.28. The summed E-state index contributed by atoms with van der Waals surface area (Å²) >= 11 is 0. The second-order valence-electron chi connectivity index (χ2n) is 5.10. The summed E-state index contributed by atoms with van der Waals surface area (Å²) in [6, 6.07) is 0. The minimum absolute atomic E-state index is 0.0229. The lowest BCUT2D eigenvalue weighted by Crippen LogP contribution is -2.52. The van der Waals surface area contributed by atoms with Gasteiger partial charge in [0.2, 0.25) is 5.76 Å². The van der Waals surface area contributed by atoms with Crippen molar-refractivity contribution < 1.29 is 14.3 Å². The summed E-state index contributed by atoms with van der Waals surface area (Å²) in [5.74, 6) is 0.467. The van der Waals surface area contributed by atoms with E-state index in [2.05, 4.69) is 10.3 Å². The average Bonchev–Trinajstić information content (AvgIpc) is 2.70. The van der Waals surface area contributed by atoms with E-state index in [1.54, 1.807) is 13.8 Å². The van der Waals surface area contributed by atoms with Gasteiger partial charge in [-0.2, -0.15) is 0 Å². The van der Waals surface area contributed by atoms with Crippen molar-refractivity contribution in [2.45, 2.75) is 51.5 Å². The van der Waals surface area contributed by atoms with Gasteiger partial charge in [-0.1, -0.05) is 19.3 Å². The number of aromatic nitrogens is 1. The first kappa shape index (κ1) is 13.1. The molecule has 1 saturated carbocycles. The molecule has 0 unspecified atom stereocenters. The van der Waals surface area contributed by atoms with E-state index in [1.165, 1.54) is 0 Å². The Hall–Kier alpha value is -1.36. The molecule has 2 rings (SSSR count). The number of hydrogen-bond acceptors (Lipinski definition) is 4. The Kier molecular flexibility index (Phi) is 3.71. The molecule has 1 amide bonds. The summed E-state index contributed by atoms with van der Waals surface area (Å²) < 4.78 is 5.30. The fourth-order valence-corrected chi connectivity index (χ4v) is 2.59. The van der Waals surface area contributed by atoms with Gasteiger partial charge in [-0.3, -0.25) is 4.79 Å². The van der Waals surface area contributed by atoms with E-state index in [9.17, 15) is 9.90 Å². The van der Waals surface area contributed by atoms with Crippen LogP contribution in [0.1, 0.15) is 54.2 Å². The van der Waals surface area contributed by atoms with Crippen LogP contribution in [-0.4, -0.2) is 28.1 Å². The van der Waals surface area contributed by atoms with Crippen molar-refractivity contribution in [3.63, 3.8) is 0 Å². The molecule has 100 valence electrons. The second-order valence-corrected chi connectivity index (χ2v) is 5.10. The van der Waals surface area contributed by atoms with E-state index < -0.39 is 5.54 Å². The molecule has 0 atom stereocenters. The van der Waals surface area contributed by atoms with Crippen molar-refractivity contribution >= 4 is 5.91 Å². The van der Waals surface area contributed by atoms with Crippen LogP contribution in [0.25, 0.3) is 0 Å². The molecule has 0 spiro atoms. The first-order valence-electron chi connectivity index (χ1n) is 6.44. The van der Waals surface area contributed by atoms with E-state index in [0.29, 0.717) is 11.6 Å². The smallest absolute Gasteiger partial charge is 0.289 e. The van der Waals surface area contributed by atoms with Gasteiger partial charge >= 0.3 is 0 Å². The van der Waals surface area contributed by atoms with Gasteiger partial charge in [-0.25, -0.2) is 4.98 Å². The van der Waals surface area contributed by atoms with Crippen molar-refractivity contribution in [3.8, 4) is 0 Å². The monoisotopic (exact) mass is 252 g/mol. The first-order chi connectivity index (χ1) is 8.56. The summed E-state index contributed by atoms with van der Waals surface area (Å²) in [7, 11) is 0. The van der Waals surface area contributed by atoms with Crippen LogP contribution in [0.3, 0.4) is 0 Å². The third kappa shape index (κ3) is 2.56. The minimum Gasteiger partial charge on any atom is -0.436 e. The molecule has 1 fully saturated rings. The van der Waals surface area contributed by atoms with Gasteiger partial charge in [0.25, 0.3) is 5.91 Å². The average molecular weight is 252 g/mol. The Morgan fingerprint density at radius 1 is 1.39 bits per heavy atom. The van der Waals surface area contributed by atoms with Crippen LogP contribution in [0.4, 0.5) is 0 Å². The lowest BCUT2D eigenvalue weighted by atomic mass is 9.82. The van der Waals surface area contributed by atoms with E-state index in [1.807, 2.05) is 0 Å². The second kappa shape index (κ2) is 5.10. The minimum atomic E-state index is -0.484. The molecule has 0 bridgehead atoms. The molecule has 1 aliphatic rings. The number of aliphatic hydroxyl groups excluding tert-OH is 1. The van der Waals surface area contributed by atoms with Crippen LogP contribution in [0.2, 0.25) is 0 Å². The third-order valence-electron chi connectivity index (χ3n) is 3.60. The van der Waals surface area contributed by atoms with Crippen LogP contribution in [0, 0.1) is 13.8 Å². The lowest BCUT2D eigenvalue weighted by molar-refractivity contribution is 0.0731. The molecule has 18 heavy (non-hydrogen) atoms. The van der Waals surface area contributed by atoms with Gasteiger partial charge in [-0.15, -0.1) is 0 Å². The Labute approximate surface area is 107 Å². The molecule has 0 aliphatic heterocycles.